The van der Waals surface area contributed by atoms with Gasteiger partial charge in [0, 0.05) is 11.1 Å². The molecule has 0 aliphatic carbocycles. The number of aromatic carboxylic acids is 1. The maximum Gasteiger partial charge on any atom is 1.00 e. The Bertz CT molecular complexity index is 820. The van der Waals surface area contributed by atoms with Gasteiger partial charge in [0.2, 0.25) is 0 Å². The molecule has 0 heterocycles. The van der Waals surface area contributed by atoms with Crippen LogP contribution < -0.4 is 61.2 Å². The third-order valence-electron chi connectivity index (χ3n) is 3.79. The Balaban J connectivity index is 0.00000338. The molecule has 0 bridgehead atoms. The van der Waals surface area contributed by atoms with Gasteiger partial charge < -0.3 is 19.7 Å². The van der Waals surface area contributed by atoms with Crippen molar-refractivity contribution in [2.24, 2.45) is 0 Å². The number of carboxylic acid groups (broad SMARTS) is 1. The number of rotatable bonds is 6. The number of allylic oxidation sites excluding steroid dienone is 2. The maximum absolute atomic E-state index is 11.6. The molecule has 2 aromatic carbocycles. The molecule has 130 valence electrons. The molecule has 0 aliphatic heterocycles. The fourth-order valence-corrected chi connectivity index (χ4v) is 2.49. The molecule has 26 heavy (non-hydrogen) atoms. The van der Waals surface area contributed by atoms with Gasteiger partial charge in [-0.15, -0.1) is 0 Å². The van der Waals surface area contributed by atoms with E-state index >= 15 is 0 Å². The number of benzene rings is 2. The van der Waals surface area contributed by atoms with Gasteiger partial charge in [0.25, 0.3) is 0 Å². The molecular formula is C21H21KO4. The normalized spacial score (nSPS) is 10.3. The van der Waals surface area contributed by atoms with Gasteiger partial charge in [-0.25, -0.2) is 0 Å². The number of carbonyl (C=O) groups is 1. The molecule has 0 aliphatic rings. The quantitative estimate of drug-likeness (QED) is 0.451. The second-order valence-electron chi connectivity index (χ2n) is 5.89. The van der Waals surface area contributed by atoms with Crippen molar-refractivity contribution in [2.45, 2.75) is 20.3 Å². The molecule has 0 unspecified atom stereocenters. The summed E-state index contributed by atoms with van der Waals surface area (Å²) in [5, 5.41) is 22.1. The van der Waals surface area contributed by atoms with Crippen LogP contribution in [-0.4, -0.2) is 18.2 Å². The molecule has 0 saturated heterocycles. The van der Waals surface area contributed by atoms with E-state index in [2.05, 4.69) is 0 Å². The molecule has 0 saturated carbocycles. The predicted molar refractivity (Wildman–Crippen MR) is 97.5 cm³/mol. The fourth-order valence-electron chi connectivity index (χ4n) is 2.49. The molecule has 2 rings (SSSR count). The van der Waals surface area contributed by atoms with Gasteiger partial charge in [-0.3, -0.25) is 0 Å². The molecule has 1 N–H and O–H groups in total. The van der Waals surface area contributed by atoms with Crippen LogP contribution in [0.4, 0.5) is 0 Å². The van der Waals surface area contributed by atoms with Crippen molar-refractivity contribution >= 4 is 18.1 Å². The molecular weight excluding hydrogens is 355 g/mol. The van der Waals surface area contributed by atoms with Crippen molar-refractivity contribution in [3.63, 3.8) is 0 Å². The number of methoxy groups -OCH3 is 1. The topological polar surface area (TPSA) is 69.6 Å². The first-order valence-corrected chi connectivity index (χ1v) is 7.94. The van der Waals surface area contributed by atoms with Crippen LogP contribution in [0.1, 0.15) is 40.9 Å². The van der Waals surface area contributed by atoms with E-state index in [1.54, 1.807) is 18.2 Å². The van der Waals surface area contributed by atoms with E-state index in [9.17, 15) is 15.0 Å². The van der Waals surface area contributed by atoms with Gasteiger partial charge in [0.1, 0.15) is 11.5 Å². The van der Waals surface area contributed by atoms with Gasteiger partial charge in [-0.2, -0.15) is 0 Å². The zero-order valence-corrected chi connectivity index (χ0v) is 18.7. The molecule has 0 fully saturated rings. The van der Waals surface area contributed by atoms with Crippen molar-refractivity contribution in [1.29, 1.82) is 0 Å². The van der Waals surface area contributed by atoms with Crippen LogP contribution in [0, 0.1) is 0 Å². The van der Waals surface area contributed by atoms with Crippen LogP contribution in [0.5, 0.6) is 11.5 Å². The second kappa shape index (κ2) is 10.7. The van der Waals surface area contributed by atoms with Crippen molar-refractivity contribution in [1.82, 2.24) is 0 Å². The van der Waals surface area contributed by atoms with E-state index in [4.69, 9.17) is 4.74 Å². The van der Waals surface area contributed by atoms with E-state index in [1.165, 1.54) is 7.11 Å². The maximum atomic E-state index is 11.6. The molecule has 4 nitrogen and oxygen atoms in total. The van der Waals surface area contributed by atoms with Crippen molar-refractivity contribution in [2.75, 3.05) is 7.11 Å². The number of hydrogen-bond acceptors (Lipinski definition) is 4. The summed E-state index contributed by atoms with van der Waals surface area (Å²) in [6, 6.07) is 11.1. The Morgan fingerprint density at radius 3 is 2.38 bits per heavy atom. The Hall–Kier alpha value is -1.37. The number of carbonyl (C=O) groups excluding carboxylic acids is 1. The number of aromatic hydroxyl groups is 1. The summed E-state index contributed by atoms with van der Waals surface area (Å²) in [5.74, 6) is -1.30. The summed E-state index contributed by atoms with van der Waals surface area (Å²) in [5.41, 5.74) is 2.51. The van der Waals surface area contributed by atoms with Gasteiger partial charge in [0.15, 0.2) is 0 Å². The summed E-state index contributed by atoms with van der Waals surface area (Å²) in [7, 11) is 1.49. The standard InChI is InChI=1S/C21H22O4.K/c1-14(2)9-12-17-18(25-3)13-16(19(20(17)22)21(23)24)11-10-15-7-5-4-6-8-15;/h4-11,13,22H,12H2,1-3H3,(H,23,24);/q;+1/p-1/b11-10+;. The summed E-state index contributed by atoms with van der Waals surface area (Å²) >= 11 is 0. The van der Waals surface area contributed by atoms with Crippen LogP contribution in [0.3, 0.4) is 0 Å². The van der Waals surface area contributed by atoms with Gasteiger partial charge in [-0.1, -0.05) is 54.1 Å². The molecule has 0 atom stereocenters. The molecule has 0 amide bonds. The van der Waals surface area contributed by atoms with E-state index in [0.29, 0.717) is 23.3 Å². The van der Waals surface area contributed by atoms with Crippen molar-refractivity contribution in [3.8, 4) is 11.5 Å². The van der Waals surface area contributed by atoms with E-state index in [-0.39, 0.29) is 62.7 Å². The van der Waals surface area contributed by atoms with Crippen LogP contribution in [0.25, 0.3) is 12.2 Å². The number of ether oxygens (including phenoxy) is 1. The van der Waals surface area contributed by atoms with Crippen molar-refractivity contribution in [3.05, 3.63) is 70.3 Å². The Morgan fingerprint density at radius 1 is 1.19 bits per heavy atom. The van der Waals surface area contributed by atoms with Crippen LogP contribution >= 0.6 is 0 Å². The molecule has 0 spiro atoms. The second-order valence-corrected chi connectivity index (χ2v) is 5.89. The van der Waals surface area contributed by atoms with Crippen molar-refractivity contribution < 1.29 is 71.1 Å². The summed E-state index contributed by atoms with van der Waals surface area (Å²) in [4.78, 5) is 11.6. The Morgan fingerprint density at radius 2 is 1.85 bits per heavy atom. The summed E-state index contributed by atoms with van der Waals surface area (Å²) in [6.07, 6.45) is 5.68. The molecule has 5 heteroatoms. The largest absolute Gasteiger partial charge is 1.00 e. The Kier molecular flexibility index (Phi) is 9.33. The van der Waals surface area contributed by atoms with Crippen LogP contribution in [0.15, 0.2) is 48.0 Å². The summed E-state index contributed by atoms with van der Waals surface area (Å²) < 4.78 is 5.35. The third kappa shape index (κ3) is 5.82. The predicted octanol–water partition coefficient (Wildman–Crippen LogP) is 0.447. The first-order chi connectivity index (χ1) is 11.9. The van der Waals surface area contributed by atoms with E-state index < -0.39 is 5.97 Å². The minimum atomic E-state index is -1.42. The Labute approximate surface area is 196 Å². The summed E-state index contributed by atoms with van der Waals surface area (Å²) in [6.45, 7) is 3.86. The van der Waals surface area contributed by atoms with E-state index in [1.807, 2.05) is 50.3 Å². The van der Waals surface area contributed by atoms with Crippen LogP contribution in [0.2, 0.25) is 0 Å². The minimum absolute atomic E-state index is 0. The first-order valence-electron chi connectivity index (χ1n) is 7.94. The van der Waals surface area contributed by atoms with Gasteiger partial charge in [-0.05, 0) is 37.5 Å². The van der Waals surface area contributed by atoms with Gasteiger partial charge >= 0.3 is 51.4 Å². The number of hydrogen-bond donors (Lipinski definition) is 1. The molecule has 2 aromatic rings. The first kappa shape index (κ1) is 22.7. The zero-order chi connectivity index (χ0) is 18.4. The number of carboxylic acids is 1. The van der Waals surface area contributed by atoms with Gasteiger partial charge in [0.05, 0.1) is 13.1 Å². The molecule has 0 radical (unpaired) electrons. The third-order valence-corrected chi connectivity index (χ3v) is 3.79. The minimum Gasteiger partial charge on any atom is -0.545 e. The average Bonchev–Trinajstić information content (AvgIpc) is 2.58. The SMILES string of the molecule is COc1cc(/C=C/c2ccccc2)c(C(=O)[O-])c(O)c1CC=C(C)C.[K+]. The smallest absolute Gasteiger partial charge is 0.545 e. The average molecular weight is 376 g/mol. The van der Waals surface area contributed by atoms with E-state index in [0.717, 1.165) is 11.1 Å². The monoisotopic (exact) mass is 376 g/mol. The zero-order valence-electron chi connectivity index (χ0n) is 15.6. The number of phenols is 1. The molecule has 0 aromatic heterocycles. The fraction of sp³-hybridized carbons (Fsp3) is 0.190. The van der Waals surface area contributed by atoms with Crippen LogP contribution in [-0.2, 0) is 6.42 Å².